The van der Waals surface area contributed by atoms with Crippen molar-refractivity contribution in [1.82, 2.24) is 0 Å². The van der Waals surface area contributed by atoms with Crippen LogP contribution in [-0.2, 0) is 9.16 Å². The lowest BCUT2D eigenvalue weighted by Crippen LogP contribution is -2.42. The average Bonchev–Trinajstić information content (AvgIpc) is 2.41. The van der Waals surface area contributed by atoms with Crippen LogP contribution in [0, 0.1) is 0 Å². The molecule has 5 heteroatoms. The van der Waals surface area contributed by atoms with E-state index in [-0.39, 0.29) is 5.04 Å². The van der Waals surface area contributed by atoms with Crippen molar-refractivity contribution >= 4 is 8.32 Å². The summed E-state index contributed by atoms with van der Waals surface area (Å²) in [7, 11) is -1.83. The molecule has 94 valence electrons. The van der Waals surface area contributed by atoms with E-state index >= 15 is 0 Å². The number of aliphatic hydroxyl groups excluding tert-OH is 1. The van der Waals surface area contributed by atoms with E-state index in [9.17, 15) is 4.39 Å². The van der Waals surface area contributed by atoms with Gasteiger partial charge in [-0.3, -0.25) is 0 Å². The molecule has 0 fully saturated rings. The molecule has 1 aliphatic rings. The molecule has 0 aromatic heterocycles. The fraction of sp³-hybridized carbons (Fsp3) is 0.818. The lowest BCUT2D eigenvalue weighted by atomic mass is 10.2. The first kappa shape index (κ1) is 13.8. The molecule has 1 N–H and O–H groups in total. The van der Waals surface area contributed by atoms with Gasteiger partial charge in [0.25, 0.3) is 0 Å². The summed E-state index contributed by atoms with van der Waals surface area (Å²) in [6.07, 6.45) is -0.602. The van der Waals surface area contributed by atoms with E-state index in [0.717, 1.165) is 0 Å². The smallest absolute Gasteiger partial charge is 0.208 e. The van der Waals surface area contributed by atoms with Gasteiger partial charge in [0.05, 0.1) is 6.61 Å². The monoisotopic (exact) mass is 248 g/mol. The Hall–Kier alpha value is -0.233. The Morgan fingerprint density at radius 2 is 2.06 bits per heavy atom. The highest BCUT2D eigenvalue weighted by Crippen LogP contribution is 2.36. The van der Waals surface area contributed by atoms with Gasteiger partial charge >= 0.3 is 0 Å². The first-order chi connectivity index (χ1) is 7.13. The molecule has 0 aliphatic carbocycles. The molecule has 1 aliphatic heterocycles. The van der Waals surface area contributed by atoms with Gasteiger partial charge in [-0.05, 0) is 24.2 Å². The van der Waals surface area contributed by atoms with E-state index < -0.39 is 26.5 Å². The lowest BCUT2D eigenvalue weighted by molar-refractivity contribution is -0.0973. The summed E-state index contributed by atoms with van der Waals surface area (Å²) >= 11 is 0. The molecule has 1 rings (SSSR count). The van der Waals surface area contributed by atoms with Gasteiger partial charge < -0.3 is 14.3 Å². The second-order valence-electron chi connectivity index (χ2n) is 5.65. The molecular formula is C11H21FO3Si. The number of halogens is 1. The summed E-state index contributed by atoms with van der Waals surface area (Å²) in [5.74, 6) is -0.621. The van der Waals surface area contributed by atoms with Crippen molar-refractivity contribution in [3.63, 3.8) is 0 Å². The zero-order valence-electron chi connectivity index (χ0n) is 10.6. The number of ether oxygens (including phenoxy) is 1. The van der Waals surface area contributed by atoms with Gasteiger partial charge in [0, 0.05) is 0 Å². The summed E-state index contributed by atoms with van der Waals surface area (Å²) < 4.78 is 23.7. The van der Waals surface area contributed by atoms with Gasteiger partial charge in [0.15, 0.2) is 14.1 Å². The highest BCUT2D eigenvalue weighted by atomic mass is 28.4. The topological polar surface area (TPSA) is 38.7 Å². The molecule has 0 aromatic carbocycles. The zero-order valence-corrected chi connectivity index (χ0v) is 11.6. The third-order valence-corrected chi connectivity index (χ3v) is 7.80. The molecule has 0 aromatic rings. The average molecular weight is 248 g/mol. The highest BCUT2D eigenvalue weighted by molar-refractivity contribution is 6.74. The molecule has 0 radical (unpaired) electrons. The van der Waals surface area contributed by atoms with E-state index in [1.165, 1.54) is 6.08 Å². The van der Waals surface area contributed by atoms with Crippen LogP contribution in [0.4, 0.5) is 4.39 Å². The third-order valence-electron chi connectivity index (χ3n) is 3.30. The summed E-state index contributed by atoms with van der Waals surface area (Å²) in [5.41, 5.74) is 0. The van der Waals surface area contributed by atoms with Gasteiger partial charge in [-0.2, -0.15) is 0 Å². The second kappa shape index (κ2) is 4.56. The molecule has 1 heterocycles. The van der Waals surface area contributed by atoms with Crippen LogP contribution in [0.15, 0.2) is 11.9 Å². The molecule has 1 unspecified atom stereocenters. The Morgan fingerprint density at radius 3 is 2.44 bits per heavy atom. The molecule has 3 nitrogen and oxygen atoms in total. The van der Waals surface area contributed by atoms with Crippen LogP contribution in [0.2, 0.25) is 18.1 Å². The highest BCUT2D eigenvalue weighted by Gasteiger charge is 2.38. The van der Waals surface area contributed by atoms with Gasteiger partial charge in [-0.15, -0.1) is 0 Å². The summed E-state index contributed by atoms with van der Waals surface area (Å²) in [6.45, 7) is 11.0. The second-order valence-corrected chi connectivity index (χ2v) is 10.5. The lowest BCUT2D eigenvalue weighted by Gasteiger charge is -2.36. The van der Waals surface area contributed by atoms with E-state index in [0.29, 0.717) is 6.61 Å². The molecule has 0 saturated heterocycles. The van der Waals surface area contributed by atoms with Crippen molar-refractivity contribution in [2.45, 2.75) is 51.3 Å². The van der Waals surface area contributed by atoms with Crippen LogP contribution in [-0.4, -0.2) is 32.4 Å². The van der Waals surface area contributed by atoms with E-state index in [1.807, 2.05) is 0 Å². The molecule has 0 amide bonds. The summed E-state index contributed by atoms with van der Waals surface area (Å²) in [5, 5.41) is 9.17. The number of aliphatic hydroxyl groups is 1. The van der Waals surface area contributed by atoms with Crippen molar-refractivity contribution in [2.24, 2.45) is 0 Å². The predicted molar refractivity (Wildman–Crippen MR) is 63.2 cm³/mol. The fourth-order valence-corrected chi connectivity index (χ4v) is 2.14. The maximum absolute atomic E-state index is 12.9. The largest absolute Gasteiger partial charge is 0.414 e. The molecular weight excluding hydrogens is 227 g/mol. The molecule has 16 heavy (non-hydrogen) atoms. The molecule has 0 spiro atoms. The molecule has 0 saturated carbocycles. The normalized spacial score (nSPS) is 27.1. The van der Waals surface area contributed by atoms with Crippen LogP contribution in [0.5, 0.6) is 0 Å². The minimum absolute atomic E-state index is 0.118. The van der Waals surface area contributed by atoms with Crippen molar-refractivity contribution < 1.29 is 18.7 Å². The first-order valence-corrected chi connectivity index (χ1v) is 8.39. The van der Waals surface area contributed by atoms with Crippen LogP contribution < -0.4 is 0 Å². The Morgan fingerprint density at radius 1 is 1.50 bits per heavy atom. The SMILES string of the molecule is CC(C)(C)[Si](C)(C)OC[C@H]1C=C(F)C(O)O1. The van der Waals surface area contributed by atoms with Gasteiger partial charge in [-0.1, -0.05) is 20.8 Å². The maximum atomic E-state index is 12.9. The van der Waals surface area contributed by atoms with Gasteiger partial charge in [0.1, 0.15) is 6.10 Å². The van der Waals surface area contributed by atoms with Crippen LogP contribution >= 0.6 is 0 Å². The minimum Gasteiger partial charge on any atom is -0.414 e. The Balaban J connectivity index is 2.48. The van der Waals surface area contributed by atoms with Crippen LogP contribution in [0.3, 0.4) is 0 Å². The Bertz CT molecular complexity index is 283. The minimum atomic E-state index is -1.83. The van der Waals surface area contributed by atoms with Gasteiger partial charge in [-0.25, -0.2) is 4.39 Å². The number of hydrogen-bond donors (Lipinski definition) is 1. The molecule has 0 bridgehead atoms. The van der Waals surface area contributed by atoms with E-state index in [2.05, 4.69) is 33.9 Å². The van der Waals surface area contributed by atoms with Gasteiger partial charge in [0.2, 0.25) is 6.29 Å². The number of rotatable bonds is 3. The summed E-state index contributed by atoms with van der Waals surface area (Å²) in [4.78, 5) is 0. The maximum Gasteiger partial charge on any atom is 0.208 e. The van der Waals surface area contributed by atoms with Crippen molar-refractivity contribution in [2.75, 3.05) is 6.61 Å². The Kier molecular flexibility index (Phi) is 3.94. The van der Waals surface area contributed by atoms with Crippen LogP contribution in [0.1, 0.15) is 20.8 Å². The van der Waals surface area contributed by atoms with E-state index in [4.69, 9.17) is 14.3 Å². The third kappa shape index (κ3) is 3.13. The number of hydrogen-bond acceptors (Lipinski definition) is 3. The molecule has 2 atom stereocenters. The Labute approximate surface area is 97.4 Å². The fourth-order valence-electron chi connectivity index (χ4n) is 1.12. The van der Waals surface area contributed by atoms with Crippen molar-refractivity contribution in [3.05, 3.63) is 11.9 Å². The summed E-state index contributed by atoms with van der Waals surface area (Å²) in [6, 6.07) is 0. The van der Waals surface area contributed by atoms with Crippen LogP contribution in [0.25, 0.3) is 0 Å². The van der Waals surface area contributed by atoms with Crippen molar-refractivity contribution in [3.8, 4) is 0 Å². The standard InChI is InChI=1S/C11H21FO3Si/c1-11(2,3)16(4,5)14-7-8-6-9(12)10(13)15-8/h6,8,10,13H,7H2,1-5H3/t8-,10?/m1/s1. The predicted octanol–water partition coefficient (Wildman–Crippen LogP) is 2.58. The van der Waals surface area contributed by atoms with Crippen molar-refractivity contribution in [1.29, 1.82) is 0 Å². The zero-order chi connectivity index (χ0) is 12.6. The quantitative estimate of drug-likeness (QED) is 0.780. The first-order valence-electron chi connectivity index (χ1n) is 5.48. The van der Waals surface area contributed by atoms with E-state index in [1.54, 1.807) is 0 Å².